The fraction of sp³-hybridized carbons (Fsp3) is 0.214. The first-order valence-corrected chi connectivity index (χ1v) is 5.46. The van der Waals surface area contributed by atoms with E-state index < -0.39 is 0 Å². The summed E-state index contributed by atoms with van der Waals surface area (Å²) in [4.78, 5) is 11.6. The minimum absolute atomic E-state index is 0.0510. The smallest absolute Gasteiger partial charge is 0.339 e. The number of aryl methyl sites for hydroxylation is 1. The van der Waals surface area contributed by atoms with Crippen LogP contribution in [-0.2, 0) is 9.53 Å². The minimum Gasteiger partial charge on any atom is -0.457 e. The first-order valence-electron chi connectivity index (χ1n) is 5.46. The zero-order chi connectivity index (χ0) is 12.3. The number of benzene rings is 1. The number of ether oxygens (including phenoxy) is 1. The second kappa shape index (κ2) is 4.97. The SMILES string of the molecule is Cc1ccc(C2=C/C(=C/CO)COC2=O)cc1. The number of esters is 1. The van der Waals surface area contributed by atoms with Gasteiger partial charge in [0, 0.05) is 0 Å². The quantitative estimate of drug-likeness (QED) is 0.789. The van der Waals surface area contributed by atoms with Gasteiger partial charge in [0.1, 0.15) is 6.61 Å². The van der Waals surface area contributed by atoms with Gasteiger partial charge in [-0.15, -0.1) is 0 Å². The molecule has 0 bridgehead atoms. The first kappa shape index (κ1) is 11.6. The second-order valence-electron chi connectivity index (χ2n) is 3.96. The number of aliphatic hydroxyl groups is 1. The molecule has 0 saturated carbocycles. The highest BCUT2D eigenvalue weighted by atomic mass is 16.5. The average molecular weight is 230 g/mol. The molecule has 1 aliphatic heterocycles. The Morgan fingerprint density at radius 2 is 2.06 bits per heavy atom. The zero-order valence-electron chi connectivity index (χ0n) is 9.64. The highest BCUT2D eigenvalue weighted by molar-refractivity contribution is 6.17. The van der Waals surface area contributed by atoms with Gasteiger partial charge in [0.25, 0.3) is 0 Å². The van der Waals surface area contributed by atoms with Crippen molar-refractivity contribution < 1.29 is 14.6 Å². The van der Waals surface area contributed by atoms with Gasteiger partial charge in [0.15, 0.2) is 0 Å². The molecule has 0 amide bonds. The Morgan fingerprint density at radius 1 is 1.35 bits per heavy atom. The first-order chi connectivity index (χ1) is 8.20. The van der Waals surface area contributed by atoms with Crippen LogP contribution in [0.5, 0.6) is 0 Å². The summed E-state index contributed by atoms with van der Waals surface area (Å²) in [5, 5.41) is 8.83. The van der Waals surface area contributed by atoms with Crippen LogP contribution in [0, 0.1) is 6.92 Å². The molecule has 2 rings (SSSR count). The maximum Gasteiger partial charge on any atom is 0.339 e. The van der Waals surface area contributed by atoms with Crippen LogP contribution in [0.2, 0.25) is 0 Å². The molecular weight excluding hydrogens is 216 g/mol. The van der Waals surface area contributed by atoms with Crippen LogP contribution >= 0.6 is 0 Å². The van der Waals surface area contributed by atoms with Gasteiger partial charge in [-0.2, -0.15) is 0 Å². The number of hydrogen-bond donors (Lipinski definition) is 1. The van der Waals surface area contributed by atoms with Crippen molar-refractivity contribution >= 4 is 11.5 Å². The molecule has 0 aliphatic carbocycles. The van der Waals surface area contributed by atoms with Crippen LogP contribution in [-0.4, -0.2) is 24.3 Å². The Kier molecular flexibility index (Phi) is 3.40. The third-order valence-electron chi connectivity index (χ3n) is 2.64. The van der Waals surface area contributed by atoms with Crippen LogP contribution in [0.4, 0.5) is 0 Å². The Labute approximate surface area is 100 Å². The lowest BCUT2D eigenvalue weighted by Crippen LogP contribution is -2.15. The summed E-state index contributed by atoms with van der Waals surface area (Å²) in [6.45, 7) is 2.17. The lowest BCUT2D eigenvalue weighted by Gasteiger charge is -2.15. The summed E-state index contributed by atoms with van der Waals surface area (Å²) < 4.78 is 5.05. The van der Waals surface area contributed by atoms with E-state index in [2.05, 4.69) is 0 Å². The summed E-state index contributed by atoms with van der Waals surface area (Å²) in [5.74, 6) is -0.316. The van der Waals surface area contributed by atoms with Crippen molar-refractivity contribution in [2.75, 3.05) is 13.2 Å². The van der Waals surface area contributed by atoms with E-state index in [1.165, 1.54) is 0 Å². The normalized spacial score (nSPS) is 17.9. The van der Waals surface area contributed by atoms with Gasteiger partial charge in [0.05, 0.1) is 12.2 Å². The Bertz CT molecular complexity index is 481. The van der Waals surface area contributed by atoms with Gasteiger partial charge < -0.3 is 9.84 Å². The molecule has 1 aromatic rings. The predicted octanol–water partition coefficient (Wildman–Crippen LogP) is 1.85. The van der Waals surface area contributed by atoms with E-state index in [0.29, 0.717) is 5.57 Å². The maximum absolute atomic E-state index is 11.6. The predicted molar refractivity (Wildman–Crippen MR) is 65.3 cm³/mol. The zero-order valence-corrected chi connectivity index (χ0v) is 9.64. The van der Waals surface area contributed by atoms with E-state index in [1.807, 2.05) is 31.2 Å². The summed E-state index contributed by atoms with van der Waals surface area (Å²) >= 11 is 0. The lowest BCUT2D eigenvalue weighted by atomic mass is 10.0. The van der Waals surface area contributed by atoms with Crippen molar-refractivity contribution in [1.29, 1.82) is 0 Å². The molecule has 0 aromatic heterocycles. The van der Waals surface area contributed by atoms with E-state index >= 15 is 0 Å². The number of carbonyl (C=O) groups is 1. The lowest BCUT2D eigenvalue weighted by molar-refractivity contribution is -0.136. The van der Waals surface area contributed by atoms with Crippen molar-refractivity contribution in [2.45, 2.75) is 6.92 Å². The van der Waals surface area contributed by atoms with Crippen LogP contribution in [0.1, 0.15) is 11.1 Å². The number of carbonyl (C=O) groups excluding carboxylic acids is 1. The number of aliphatic hydroxyl groups excluding tert-OH is 1. The van der Waals surface area contributed by atoms with E-state index in [4.69, 9.17) is 9.84 Å². The minimum atomic E-state index is -0.316. The molecule has 88 valence electrons. The average Bonchev–Trinajstić information content (AvgIpc) is 2.33. The Morgan fingerprint density at radius 3 is 2.71 bits per heavy atom. The summed E-state index contributed by atoms with van der Waals surface area (Å²) in [6.07, 6.45) is 3.41. The van der Waals surface area contributed by atoms with Gasteiger partial charge in [-0.3, -0.25) is 0 Å². The number of rotatable bonds is 2. The molecule has 0 spiro atoms. The molecule has 0 atom stereocenters. The Hall–Kier alpha value is -1.87. The van der Waals surface area contributed by atoms with Gasteiger partial charge in [-0.05, 0) is 24.1 Å². The van der Waals surface area contributed by atoms with E-state index in [-0.39, 0.29) is 19.2 Å². The van der Waals surface area contributed by atoms with Gasteiger partial charge >= 0.3 is 5.97 Å². The molecule has 1 N–H and O–H groups in total. The largest absolute Gasteiger partial charge is 0.457 e. The molecule has 17 heavy (non-hydrogen) atoms. The molecule has 3 nitrogen and oxygen atoms in total. The molecule has 0 saturated heterocycles. The summed E-state index contributed by atoms with van der Waals surface area (Å²) in [7, 11) is 0. The monoisotopic (exact) mass is 230 g/mol. The number of hydrogen-bond acceptors (Lipinski definition) is 3. The second-order valence-corrected chi connectivity index (χ2v) is 3.96. The van der Waals surface area contributed by atoms with E-state index in [9.17, 15) is 4.79 Å². The molecule has 0 unspecified atom stereocenters. The van der Waals surface area contributed by atoms with Crippen LogP contribution < -0.4 is 0 Å². The van der Waals surface area contributed by atoms with Crippen molar-refractivity contribution in [3.63, 3.8) is 0 Å². The molecular formula is C14H14O3. The molecule has 1 aliphatic rings. The van der Waals surface area contributed by atoms with Crippen molar-refractivity contribution in [3.8, 4) is 0 Å². The third kappa shape index (κ3) is 2.63. The van der Waals surface area contributed by atoms with Gasteiger partial charge in [-0.1, -0.05) is 35.9 Å². The van der Waals surface area contributed by atoms with Crippen molar-refractivity contribution in [3.05, 3.63) is 53.1 Å². The van der Waals surface area contributed by atoms with Crippen LogP contribution in [0.3, 0.4) is 0 Å². The molecule has 3 heteroatoms. The molecule has 1 aromatic carbocycles. The van der Waals surface area contributed by atoms with E-state index in [0.717, 1.165) is 16.7 Å². The number of cyclic esters (lactones) is 1. The summed E-state index contributed by atoms with van der Waals surface area (Å²) in [5.41, 5.74) is 3.34. The highest BCUT2D eigenvalue weighted by Crippen LogP contribution is 2.23. The fourth-order valence-electron chi connectivity index (χ4n) is 1.68. The Balaban J connectivity index is 2.37. The van der Waals surface area contributed by atoms with Gasteiger partial charge in [0.2, 0.25) is 0 Å². The summed E-state index contributed by atoms with van der Waals surface area (Å²) in [6, 6.07) is 7.69. The molecule has 0 fully saturated rings. The topological polar surface area (TPSA) is 46.5 Å². The van der Waals surface area contributed by atoms with Crippen molar-refractivity contribution in [2.24, 2.45) is 0 Å². The maximum atomic E-state index is 11.6. The molecule has 1 heterocycles. The van der Waals surface area contributed by atoms with Crippen LogP contribution in [0.25, 0.3) is 5.57 Å². The van der Waals surface area contributed by atoms with Crippen molar-refractivity contribution in [1.82, 2.24) is 0 Å². The standard InChI is InChI=1S/C14H14O3/c1-10-2-4-12(5-3-10)13-8-11(6-7-15)9-17-14(13)16/h2-6,8,15H,7,9H2,1H3/b11-6-. The van der Waals surface area contributed by atoms with Gasteiger partial charge in [-0.25, -0.2) is 4.79 Å². The van der Waals surface area contributed by atoms with Crippen LogP contribution in [0.15, 0.2) is 42.0 Å². The highest BCUT2D eigenvalue weighted by Gasteiger charge is 2.18. The van der Waals surface area contributed by atoms with E-state index in [1.54, 1.807) is 12.2 Å². The third-order valence-corrected chi connectivity index (χ3v) is 2.64. The fourth-order valence-corrected chi connectivity index (χ4v) is 1.68. The molecule has 0 radical (unpaired) electrons.